The van der Waals surface area contributed by atoms with E-state index in [1.807, 2.05) is 60.7 Å². The molecule has 0 bridgehead atoms. The molecule has 0 fully saturated rings. The standard InChI is InChI=1S/C16H15N3OS/c17-15(21)19-16(20,13-9-5-2-6-10-13)11-14(18-19)12-7-3-1-4-8-12/h1-10,20H,11H2,(H2,17,21)/t16-/m1/s1. The minimum absolute atomic E-state index is 0.0484. The number of thiocarbonyl (C=S) groups is 1. The van der Waals surface area contributed by atoms with Crippen LogP contribution in [0.5, 0.6) is 0 Å². The zero-order valence-corrected chi connectivity index (χ0v) is 12.1. The Bertz CT molecular complexity index is 687. The summed E-state index contributed by atoms with van der Waals surface area (Å²) in [7, 11) is 0. The van der Waals surface area contributed by atoms with Gasteiger partial charge in [-0.05, 0) is 17.8 Å². The van der Waals surface area contributed by atoms with Crippen LogP contribution in [0.25, 0.3) is 0 Å². The van der Waals surface area contributed by atoms with Gasteiger partial charge in [0.25, 0.3) is 0 Å². The molecule has 2 aromatic carbocycles. The molecule has 0 spiro atoms. The van der Waals surface area contributed by atoms with Crippen LogP contribution in [0, 0.1) is 0 Å². The van der Waals surface area contributed by atoms with E-state index in [1.54, 1.807) is 0 Å². The molecule has 1 heterocycles. The quantitative estimate of drug-likeness (QED) is 0.834. The van der Waals surface area contributed by atoms with Gasteiger partial charge in [-0.1, -0.05) is 60.7 Å². The highest BCUT2D eigenvalue weighted by Gasteiger charge is 2.44. The number of aliphatic hydroxyl groups is 1. The van der Waals surface area contributed by atoms with Crippen molar-refractivity contribution in [2.24, 2.45) is 10.8 Å². The molecule has 1 atom stereocenters. The maximum Gasteiger partial charge on any atom is 0.192 e. The minimum Gasteiger partial charge on any atom is -0.375 e. The number of hydrogen-bond acceptors (Lipinski definition) is 3. The molecular weight excluding hydrogens is 282 g/mol. The third kappa shape index (κ3) is 2.41. The molecule has 0 unspecified atom stereocenters. The van der Waals surface area contributed by atoms with Crippen molar-refractivity contribution in [3.63, 3.8) is 0 Å². The van der Waals surface area contributed by atoms with Crippen molar-refractivity contribution in [1.29, 1.82) is 0 Å². The monoisotopic (exact) mass is 297 g/mol. The average molecular weight is 297 g/mol. The average Bonchev–Trinajstić information content (AvgIpc) is 2.89. The van der Waals surface area contributed by atoms with E-state index >= 15 is 0 Å². The van der Waals surface area contributed by atoms with Gasteiger partial charge in [0.1, 0.15) is 0 Å². The van der Waals surface area contributed by atoms with Crippen molar-refractivity contribution < 1.29 is 5.11 Å². The smallest absolute Gasteiger partial charge is 0.192 e. The SMILES string of the molecule is NC(=S)N1N=C(c2ccccc2)C[C@@]1(O)c1ccccc1. The van der Waals surface area contributed by atoms with Gasteiger partial charge >= 0.3 is 0 Å². The third-order valence-corrected chi connectivity index (χ3v) is 3.71. The Morgan fingerprint density at radius 1 is 1.10 bits per heavy atom. The predicted molar refractivity (Wildman–Crippen MR) is 86.6 cm³/mol. The van der Waals surface area contributed by atoms with Crippen molar-refractivity contribution in [3.8, 4) is 0 Å². The van der Waals surface area contributed by atoms with Gasteiger partial charge in [0.05, 0.1) is 5.71 Å². The molecule has 21 heavy (non-hydrogen) atoms. The first-order valence-corrected chi connectivity index (χ1v) is 7.02. The van der Waals surface area contributed by atoms with Crippen LogP contribution in [-0.2, 0) is 5.72 Å². The van der Waals surface area contributed by atoms with Gasteiger partial charge in [-0.2, -0.15) is 5.10 Å². The molecule has 2 aromatic rings. The zero-order chi connectivity index (χ0) is 14.9. The van der Waals surface area contributed by atoms with Crippen LogP contribution in [0.1, 0.15) is 17.5 Å². The van der Waals surface area contributed by atoms with Crippen molar-refractivity contribution in [3.05, 3.63) is 71.8 Å². The first kappa shape index (κ1) is 13.7. The second-order valence-electron chi connectivity index (χ2n) is 4.92. The van der Waals surface area contributed by atoms with Crippen molar-refractivity contribution in [2.75, 3.05) is 0 Å². The molecule has 0 saturated carbocycles. The van der Waals surface area contributed by atoms with Crippen LogP contribution in [-0.4, -0.2) is 20.9 Å². The van der Waals surface area contributed by atoms with Gasteiger partial charge in [-0.3, -0.25) is 0 Å². The molecule has 0 aliphatic carbocycles. The highest BCUT2D eigenvalue weighted by Crippen LogP contribution is 2.36. The highest BCUT2D eigenvalue weighted by atomic mass is 32.1. The molecule has 1 aliphatic heterocycles. The second kappa shape index (κ2) is 5.27. The normalized spacial score (nSPS) is 21.2. The zero-order valence-electron chi connectivity index (χ0n) is 11.3. The van der Waals surface area contributed by atoms with Gasteiger partial charge in [0.15, 0.2) is 10.8 Å². The van der Waals surface area contributed by atoms with Gasteiger partial charge in [0, 0.05) is 12.0 Å². The van der Waals surface area contributed by atoms with E-state index in [4.69, 9.17) is 18.0 Å². The summed E-state index contributed by atoms with van der Waals surface area (Å²) in [6.07, 6.45) is 0.332. The summed E-state index contributed by atoms with van der Waals surface area (Å²) in [4.78, 5) is 0. The number of nitrogens with zero attached hydrogens (tertiary/aromatic N) is 2. The number of hydrazone groups is 1. The summed E-state index contributed by atoms with van der Waals surface area (Å²) >= 11 is 5.04. The van der Waals surface area contributed by atoms with Gasteiger partial charge in [-0.15, -0.1) is 0 Å². The van der Waals surface area contributed by atoms with E-state index in [0.717, 1.165) is 11.3 Å². The molecule has 5 heteroatoms. The van der Waals surface area contributed by atoms with E-state index in [1.165, 1.54) is 5.01 Å². The number of benzene rings is 2. The third-order valence-electron chi connectivity index (χ3n) is 3.54. The van der Waals surface area contributed by atoms with E-state index in [-0.39, 0.29) is 5.11 Å². The van der Waals surface area contributed by atoms with E-state index in [9.17, 15) is 5.11 Å². The Morgan fingerprint density at radius 3 is 2.24 bits per heavy atom. The lowest BCUT2D eigenvalue weighted by Gasteiger charge is -2.31. The summed E-state index contributed by atoms with van der Waals surface area (Å²) in [5.74, 6) is 0. The van der Waals surface area contributed by atoms with Gasteiger partial charge in [-0.25, -0.2) is 5.01 Å². The Morgan fingerprint density at radius 2 is 1.67 bits per heavy atom. The lowest BCUT2D eigenvalue weighted by atomic mass is 9.95. The van der Waals surface area contributed by atoms with Crippen molar-refractivity contribution >= 4 is 23.0 Å². The highest BCUT2D eigenvalue weighted by molar-refractivity contribution is 7.80. The summed E-state index contributed by atoms with van der Waals surface area (Å²) in [5.41, 5.74) is 6.83. The van der Waals surface area contributed by atoms with Crippen LogP contribution in [0.15, 0.2) is 65.8 Å². The molecular formula is C16H15N3OS. The summed E-state index contributed by atoms with van der Waals surface area (Å²) < 4.78 is 0. The first-order chi connectivity index (χ1) is 10.1. The fourth-order valence-corrected chi connectivity index (χ4v) is 2.69. The summed E-state index contributed by atoms with van der Waals surface area (Å²) in [6, 6.07) is 19.0. The molecule has 0 radical (unpaired) electrons. The van der Waals surface area contributed by atoms with Crippen LogP contribution in [0.2, 0.25) is 0 Å². The Labute approximate surface area is 128 Å². The molecule has 3 rings (SSSR count). The second-order valence-corrected chi connectivity index (χ2v) is 5.34. The number of nitrogens with two attached hydrogens (primary N) is 1. The maximum atomic E-state index is 11.1. The summed E-state index contributed by atoms with van der Waals surface area (Å²) in [6.45, 7) is 0. The van der Waals surface area contributed by atoms with E-state index < -0.39 is 5.72 Å². The van der Waals surface area contributed by atoms with Crippen molar-refractivity contribution in [1.82, 2.24) is 5.01 Å². The Kier molecular flexibility index (Phi) is 3.45. The predicted octanol–water partition coefficient (Wildman–Crippen LogP) is 2.19. The number of rotatable bonds is 2. The largest absolute Gasteiger partial charge is 0.375 e. The van der Waals surface area contributed by atoms with E-state index in [2.05, 4.69) is 5.10 Å². The van der Waals surface area contributed by atoms with Gasteiger partial charge in [0.2, 0.25) is 0 Å². The maximum absolute atomic E-state index is 11.1. The molecule has 1 aliphatic rings. The van der Waals surface area contributed by atoms with E-state index in [0.29, 0.717) is 12.0 Å². The van der Waals surface area contributed by atoms with Crippen LogP contribution < -0.4 is 5.73 Å². The molecule has 3 N–H and O–H groups in total. The van der Waals surface area contributed by atoms with Crippen LogP contribution in [0.3, 0.4) is 0 Å². The van der Waals surface area contributed by atoms with Gasteiger partial charge < -0.3 is 10.8 Å². The molecule has 106 valence electrons. The lowest BCUT2D eigenvalue weighted by Crippen LogP contribution is -2.45. The molecule has 4 nitrogen and oxygen atoms in total. The molecule has 0 aromatic heterocycles. The van der Waals surface area contributed by atoms with Crippen LogP contribution in [0.4, 0.5) is 0 Å². The van der Waals surface area contributed by atoms with Crippen molar-refractivity contribution in [2.45, 2.75) is 12.1 Å². The fraction of sp³-hybridized carbons (Fsp3) is 0.125. The Balaban J connectivity index is 2.03. The summed E-state index contributed by atoms with van der Waals surface area (Å²) in [5, 5.41) is 16.9. The fourth-order valence-electron chi connectivity index (χ4n) is 2.50. The topological polar surface area (TPSA) is 61.8 Å². The number of hydrogen-bond donors (Lipinski definition) is 2. The Hall–Kier alpha value is -2.24. The van der Waals surface area contributed by atoms with Crippen LogP contribution >= 0.6 is 12.2 Å². The lowest BCUT2D eigenvalue weighted by molar-refractivity contribution is -0.0564. The minimum atomic E-state index is -1.34. The first-order valence-electron chi connectivity index (χ1n) is 6.62. The molecule has 0 amide bonds. The molecule has 0 saturated heterocycles.